The number of hydrogen-bond donors (Lipinski definition) is 1. The first-order valence-electron chi connectivity index (χ1n) is 7.93. The van der Waals surface area contributed by atoms with E-state index in [4.69, 9.17) is 0 Å². The zero-order chi connectivity index (χ0) is 18.6. The second kappa shape index (κ2) is 7.65. The number of benzene rings is 1. The van der Waals surface area contributed by atoms with E-state index >= 15 is 0 Å². The third kappa shape index (κ3) is 5.03. The number of nitrogens with one attached hydrogen (secondary N) is 1. The summed E-state index contributed by atoms with van der Waals surface area (Å²) in [6.07, 6.45) is 4.39. The number of nitrogens with zero attached hydrogens (tertiary/aromatic N) is 2. The molecule has 0 aliphatic rings. The second-order valence-corrected chi connectivity index (χ2v) is 8.01. The summed E-state index contributed by atoms with van der Waals surface area (Å²) in [5, 5.41) is 2.78. The highest BCUT2D eigenvalue weighted by molar-refractivity contribution is 7.92. The number of pyridine rings is 1. The fourth-order valence-electron chi connectivity index (χ4n) is 2.72. The number of rotatable bonds is 6. The SMILES string of the molecule is Cc1cc(C)cc(N([C@H](C)C(=O)NCc2ccncc2)S(C)(=O)=O)c1. The standard InChI is InChI=1S/C18H23N3O3S/c1-13-9-14(2)11-17(10-13)21(25(4,23)24)15(3)18(22)20-12-16-5-7-19-8-6-16/h5-11,15H,12H2,1-4H3,(H,20,22)/t15-/m1/s1. The van der Waals surface area contributed by atoms with Crippen molar-refractivity contribution in [1.29, 1.82) is 0 Å². The van der Waals surface area contributed by atoms with Crippen LogP contribution in [0.3, 0.4) is 0 Å². The summed E-state index contributed by atoms with van der Waals surface area (Å²) >= 11 is 0. The van der Waals surface area contributed by atoms with Crippen molar-refractivity contribution in [2.45, 2.75) is 33.4 Å². The molecule has 134 valence electrons. The number of carbonyl (C=O) groups is 1. The molecule has 2 rings (SSSR count). The predicted molar refractivity (Wildman–Crippen MR) is 98.8 cm³/mol. The van der Waals surface area contributed by atoms with E-state index in [1.165, 1.54) is 0 Å². The Labute approximate surface area is 148 Å². The zero-order valence-corrected chi connectivity index (χ0v) is 15.7. The molecule has 0 unspecified atom stereocenters. The van der Waals surface area contributed by atoms with Crippen molar-refractivity contribution in [3.63, 3.8) is 0 Å². The third-order valence-electron chi connectivity index (χ3n) is 3.77. The van der Waals surface area contributed by atoms with Crippen molar-refractivity contribution >= 4 is 21.6 Å². The molecule has 0 spiro atoms. The second-order valence-electron chi connectivity index (χ2n) is 6.15. The van der Waals surface area contributed by atoms with Gasteiger partial charge in [0.05, 0.1) is 11.9 Å². The maximum Gasteiger partial charge on any atom is 0.243 e. The first kappa shape index (κ1) is 18.9. The van der Waals surface area contributed by atoms with Gasteiger partial charge in [-0.05, 0) is 61.7 Å². The number of sulfonamides is 1. The lowest BCUT2D eigenvalue weighted by atomic mass is 10.1. The Balaban J connectivity index is 2.24. The van der Waals surface area contributed by atoms with E-state index < -0.39 is 16.1 Å². The fourth-order valence-corrected chi connectivity index (χ4v) is 3.88. The van der Waals surface area contributed by atoms with Gasteiger partial charge in [0.2, 0.25) is 15.9 Å². The Morgan fingerprint density at radius 2 is 1.72 bits per heavy atom. The van der Waals surface area contributed by atoms with Gasteiger partial charge in [-0.3, -0.25) is 14.1 Å². The van der Waals surface area contributed by atoms with E-state index in [9.17, 15) is 13.2 Å². The van der Waals surface area contributed by atoms with Crippen LogP contribution in [0.2, 0.25) is 0 Å². The Kier molecular flexibility index (Phi) is 5.79. The minimum Gasteiger partial charge on any atom is -0.350 e. The van der Waals surface area contributed by atoms with Crippen molar-refractivity contribution < 1.29 is 13.2 Å². The Bertz CT molecular complexity index is 831. The summed E-state index contributed by atoms with van der Waals surface area (Å²) in [6.45, 7) is 5.69. The molecule has 1 aromatic heterocycles. The lowest BCUT2D eigenvalue weighted by Gasteiger charge is -2.28. The van der Waals surface area contributed by atoms with Gasteiger partial charge in [0, 0.05) is 18.9 Å². The van der Waals surface area contributed by atoms with Gasteiger partial charge in [-0.25, -0.2) is 8.42 Å². The van der Waals surface area contributed by atoms with E-state index in [1.54, 1.807) is 43.6 Å². The van der Waals surface area contributed by atoms with Crippen LogP contribution in [0, 0.1) is 13.8 Å². The van der Waals surface area contributed by atoms with Gasteiger partial charge < -0.3 is 5.32 Å². The molecule has 1 N–H and O–H groups in total. The number of aromatic nitrogens is 1. The maximum absolute atomic E-state index is 12.5. The van der Waals surface area contributed by atoms with Gasteiger partial charge >= 0.3 is 0 Å². The third-order valence-corrected chi connectivity index (χ3v) is 5.01. The first-order chi connectivity index (χ1) is 11.7. The van der Waals surface area contributed by atoms with Crippen LogP contribution in [0.1, 0.15) is 23.6 Å². The molecule has 7 heteroatoms. The Morgan fingerprint density at radius 1 is 1.16 bits per heavy atom. The topological polar surface area (TPSA) is 79.4 Å². The molecular weight excluding hydrogens is 338 g/mol. The summed E-state index contributed by atoms with van der Waals surface area (Å²) in [4.78, 5) is 16.4. The molecular formula is C18H23N3O3S. The summed E-state index contributed by atoms with van der Waals surface area (Å²) in [5.41, 5.74) is 3.26. The largest absolute Gasteiger partial charge is 0.350 e. The Hall–Kier alpha value is -2.41. The summed E-state index contributed by atoms with van der Waals surface area (Å²) in [5.74, 6) is -0.360. The zero-order valence-electron chi connectivity index (χ0n) is 14.9. The predicted octanol–water partition coefficient (Wildman–Crippen LogP) is 2.17. The molecule has 0 radical (unpaired) electrons. The van der Waals surface area contributed by atoms with Crippen molar-refractivity contribution in [3.8, 4) is 0 Å². The molecule has 0 aliphatic heterocycles. The normalized spacial score (nSPS) is 12.5. The first-order valence-corrected chi connectivity index (χ1v) is 9.77. The van der Waals surface area contributed by atoms with Gasteiger partial charge in [-0.1, -0.05) is 6.07 Å². The molecule has 6 nitrogen and oxygen atoms in total. The minimum absolute atomic E-state index is 0.316. The van der Waals surface area contributed by atoms with E-state index in [0.29, 0.717) is 12.2 Å². The van der Waals surface area contributed by atoms with E-state index in [1.807, 2.05) is 19.9 Å². The summed E-state index contributed by atoms with van der Waals surface area (Å²) in [6, 6.07) is 8.21. The molecule has 1 heterocycles. The Morgan fingerprint density at radius 3 is 2.24 bits per heavy atom. The average Bonchev–Trinajstić information content (AvgIpc) is 2.51. The number of hydrogen-bond acceptors (Lipinski definition) is 4. The number of aryl methyl sites for hydroxylation is 2. The molecule has 1 aromatic carbocycles. The molecule has 0 saturated carbocycles. The van der Waals surface area contributed by atoms with E-state index in [-0.39, 0.29) is 5.91 Å². The van der Waals surface area contributed by atoms with Crippen LogP contribution in [-0.4, -0.2) is 31.6 Å². The molecule has 1 amide bonds. The molecule has 1 atom stereocenters. The number of carbonyl (C=O) groups excluding carboxylic acids is 1. The molecule has 0 fully saturated rings. The molecule has 0 aliphatic carbocycles. The van der Waals surface area contributed by atoms with Gasteiger partial charge in [0.25, 0.3) is 0 Å². The smallest absolute Gasteiger partial charge is 0.243 e. The molecule has 25 heavy (non-hydrogen) atoms. The van der Waals surface area contributed by atoms with Crippen LogP contribution in [-0.2, 0) is 21.4 Å². The van der Waals surface area contributed by atoms with Gasteiger partial charge in [-0.15, -0.1) is 0 Å². The molecule has 2 aromatic rings. The van der Waals surface area contributed by atoms with Gasteiger partial charge in [0.1, 0.15) is 6.04 Å². The summed E-state index contributed by atoms with van der Waals surface area (Å²) < 4.78 is 25.8. The lowest BCUT2D eigenvalue weighted by molar-refractivity contribution is -0.122. The average molecular weight is 361 g/mol. The monoisotopic (exact) mass is 361 g/mol. The molecule has 0 saturated heterocycles. The van der Waals surface area contributed by atoms with Crippen LogP contribution >= 0.6 is 0 Å². The number of amides is 1. The van der Waals surface area contributed by atoms with Crippen LogP contribution in [0.25, 0.3) is 0 Å². The molecule has 0 bridgehead atoms. The van der Waals surface area contributed by atoms with Gasteiger partial charge in [0.15, 0.2) is 0 Å². The van der Waals surface area contributed by atoms with Crippen LogP contribution in [0.15, 0.2) is 42.7 Å². The van der Waals surface area contributed by atoms with Gasteiger partial charge in [-0.2, -0.15) is 0 Å². The lowest BCUT2D eigenvalue weighted by Crippen LogP contribution is -2.47. The highest BCUT2D eigenvalue weighted by Gasteiger charge is 2.29. The van der Waals surface area contributed by atoms with Crippen molar-refractivity contribution in [1.82, 2.24) is 10.3 Å². The number of anilines is 1. The highest BCUT2D eigenvalue weighted by atomic mass is 32.2. The van der Waals surface area contributed by atoms with Crippen molar-refractivity contribution in [3.05, 3.63) is 59.4 Å². The quantitative estimate of drug-likeness (QED) is 0.855. The van der Waals surface area contributed by atoms with Crippen molar-refractivity contribution in [2.24, 2.45) is 0 Å². The fraction of sp³-hybridized carbons (Fsp3) is 0.333. The van der Waals surface area contributed by atoms with Crippen LogP contribution in [0.5, 0.6) is 0 Å². The van der Waals surface area contributed by atoms with Crippen molar-refractivity contribution in [2.75, 3.05) is 10.6 Å². The van der Waals surface area contributed by atoms with E-state index in [2.05, 4.69) is 10.3 Å². The summed E-state index contributed by atoms with van der Waals surface area (Å²) in [7, 11) is -3.62. The van der Waals surface area contributed by atoms with E-state index in [0.717, 1.165) is 27.3 Å². The highest BCUT2D eigenvalue weighted by Crippen LogP contribution is 2.23. The maximum atomic E-state index is 12.5. The van der Waals surface area contributed by atoms with Crippen LogP contribution in [0.4, 0.5) is 5.69 Å². The minimum atomic E-state index is -3.62. The van der Waals surface area contributed by atoms with Crippen LogP contribution < -0.4 is 9.62 Å².